The highest BCUT2D eigenvalue weighted by molar-refractivity contribution is 9.10. The Balaban J connectivity index is 2.26. The molecule has 0 saturated carbocycles. The van der Waals surface area contributed by atoms with Crippen LogP contribution in [0.2, 0.25) is 0 Å². The van der Waals surface area contributed by atoms with Crippen LogP contribution in [0.4, 0.5) is 0 Å². The minimum Gasteiger partial charge on any atom is -0.491 e. The average Bonchev–Trinajstić information content (AvgIpc) is 2.37. The molecule has 2 atom stereocenters. The molecule has 0 saturated heterocycles. The van der Waals surface area contributed by atoms with Gasteiger partial charge in [0.15, 0.2) is 0 Å². The van der Waals surface area contributed by atoms with Crippen LogP contribution in [0, 0.1) is 0 Å². The summed E-state index contributed by atoms with van der Waals surface area (Å²) < 4.78 is 6.44. The number of benzene rings is 1. The molecule has 0 aliphatic carbocycles. The smallest absolute Gasteiger partial charge is 0.137 e. The summed E-state index contributed by atoms with van der Waals surface area (Å²) in [5.74, 6) is 0.734. The fourth-order valence-corrected chi connectivity index (χ4v) is 1.92. The van der Waals surface area contributed by atoms with E-state index in [0.29, 0.717) is 6.54 Å². The van der Waals surface area contributed by atoms with Gasteiger partial charge in [0.25, 0.3) is 0 Å². The molecule has 18 heavy (non-hydrogen) atoms. The van der Waals surface area contributed by atoms with E-state index in [2.05, 4.69) is 15.9 Å². The van der Waals surface area contributed by atoms with Gasteiger partial charge in [0.1, 0.15) is 31.0 Å². The van der Waals surface area contributed by atoms with E-state index in [4.69, 9.17) is 9.84 Å². The molecule has 4 nitrogen and oxygen atoms in total. The SMILES string of the molecule is CC[C@@H](CO)[NH2+]C[C@H](O)COc1cccc(Br)c1. The third kappa shape index (κ3) is 5.82. The summed E-state index contributed by atoms with van der Waals surface area (Å²) in [4.78, 5) is 0. The standard InChI is InChI=1S/C13H20BrNO3/c1-2-11(8-16)15-7-12(17)9-18-13-5-3-4-10(14)6-13/h3-6,11-12,15-17H,2,7-9H2,1H3/p+1/t11-,12-/m0/s1. The van der Waals surface area contributed by atoms with Crippen LogP contribution in [0.3, 0.4) is 0 Å². The molecule has 0 aliphatic heterocycles. The van der Waals surface area contributed by atoms with Gasteiger partial charge in [-0.2, -0.15) is 0 Å². The van der Waals surface area contributed by atoms with Crippen LogP contribution >= 0.6 is 15.9 Å². The van der Waals surface area contributed by atoms with Gasteiger partial charge in [0.2, 0.25) is 0 Å². The van der Waals surface area contributed by atoms with Gasteiger partial charge in [-0.05, 0) is 24.6 Å². The Labute approximate surface area is 116 Å². The fraction of sp³-hybridized carbons (Fsp3) is 0.538. The van der Waals surface area contributed by atoms with Crippen molar-refractivity contribution < 1.29 is 20.3 Å². The van der Waals surface area contributed by atoms with Crippen LogP contribution in [0.15, 0.2) is 28.7 Å². The number of aliphatic hydroxyl groups is 2. The summed E-state index contributed by atoms with van der Waals surface area (Å²) in [6.45, 7) is 2.94. The van der Waals surface area contributed by atoms with Gasteiger partial charge < -0.3 is 20.3 Å². The first-order valence-corrected chi connectivity index (χ1v) is 6.95. The molecule has 1 aromatic rings. The lowest BCUT2D eigenvalue weighted by atomic mass is 10.2. The summed E-state index contributed by atoms with van der Waals surface area (Å²) >= 11 is 3.36. The highest BCUT2D eigenvalue weighted by atomic mass is 79.9. The first-order chi connectivity index (χ1) is 8.65. The van der Waals surface area contributed by atoms with E-state index in [1.807, 2.05) is 36.5 Å². The second kappa shape index (κ2) is 8.48. The molecule has 0 spiro atoms. The Hall–Kier alpha value is -0.620. The molecule has 0 amide bonds. The van der Waals surface area contributed by atoms with Crippen molar-refractivity contribution in [1.82, 2.24) is 0 Å². The summed E-state index contributed by atoms with van der Waals surface area (Å²) in [5, 5.41) is 20.8. The molecule has 4 N–H and O–H groups in total. The van der Waals surface area contributed by atoms with Crippen molar-refractivity contribution in [2.45, 2.75) is 25.5 Å². The minimum atomic E-state index is -0.537. The molecule has 1 aromatic carbocycles. The summed E-state index contributed by atoms with van der Waals surface area (Å²) in [7, 11) is 0. The van der Waals surface area contributed by atoms with Crippen molar-refractivity contribution in [3.8, 4) is 5.75 Å². The van der Waals surface area contributed by atoms with Crippen LogP contribution < -0.4 is 10.1 Å². The molecule has 5 heteroatoms. The van der Waals surface area contributed by atoms with Gasteiger partial charge in [-0.15, -0.1) is 0 Å². The minimum absolute atomic E-state index is 0.135. The quantitative estimate of drug-likeness (QED) is 0.655. The topological polar surface area (TPSA) is 66.3 Å². The first-order valence-electron chi connectivity index (χ1n) is 6.16. The van der Waals surface area contributed by atoms with Gasteiger partial charge in [-0.25, -0.2) is 0 Å². The molecular formula is C13H21BrNO3+. The lowest BCUT2D eigenvalue weighted by Crippen LogP contribution is -2.92. The maximum atomic E-state index is 9.77. The zero-order valence-corrected chi connectivity index (χ0v) is 12.1. The molecule has 0 aliphatic rings. The van der Waals surface area contributed by atoms with E-state index in [1.54, 1.807) is 0 Å². The van der Waals surface area contributed by atoms with Crippen molar-refractivity contribution >= 4 is 15.9 Å². The van der Waals surface area contributed by atoms with Crippen molar-refractivity contribution in [1.29, 1.82) is 0 Å². The van der Waals surface area contributed by atoms with Gasteiger partial charge >= 0.3 is 0 Å². The third-order valence-corrected chi connectivity index (χ3v) is 3.23. The van der Waals surface area contributed by atoms with Crippen molar-refractivity contribution in [2.75, 3.05) is 19.8 Å². The number of halogens is 1. The van der Waals surface area contributed by atoms with Crippen LogP contribution in [0.1, 0.15) is 13.3 Å². The van der Waals surface area contributed by atoms with E-state index in [0.717, 1.165) is 16.6 Å². The van der Waals surface area contributed by atoms with E-state index in [9.17, 15) is 5.11 Å². The number of aliphatic hydroxyl groups excluding tert-OH is 2. The molecule has 0 unspecified atom stereocenters. The highest BCUT2D eigenvalue weighted by Crippen LogP contribution is 2.17. The maximum Gasteiger partial charge on any atom is 0.137 e. The molecule has 102 valence electrons. The van der Waals surface area contributed by atoms with Gasteiger partial charge in [0, 0.05) is 4.47 Å². The number of quaternary nitrogens is 1. The Morgan fingerprint density at radius 3 is 2.83 bits per heavy atom. The summed E-state index contributed by atoms with van der Waals surface area (Å²) in [5.41, 5.74) is 0. The fourth-order valence-electron chi connectivity index (χ4n) is 1.54. The predicted octanol–water partition coefficient (Wildman–Crippen LogP) is 0.523. The molecule has 0 radical (unpaired) electrons. The van der Waals surface area contributed by atoms with Crippen LogP contribution in [-0.4, -0.2) is 42.1 Å². The predicted molar refractivity (Wildman–Crippen MR) is 73.6 cm³/mol. The highest BCUT2D eigenvalue weighted by Gasteiger charge is 2.12. The molecule has 0 aromatic heterocycles. The van der Waals surface area contributed by atoms with Gasteiger partial charge in [-0.3, -0.25) is 0 Å². The molecule has 0 bridgehead atoms. The monoisotopic (exact) mass is 318 g/mol. The Morgan fingerprint density at radius 2 is 2.22 bits per heavy atom. The average molecular weight is 319 g/mol. The molecule has 0 heterocycles. The number of hydrogen-bond donors (Lipinski definition) is 3. The van der Waals surface area contributed by atoms with E-state index in [-0.39, 0.29) is 19.3 Å². The Morgan fingerprint density at radius 1 is 1.44 bits per heavy atom. The largest absolute Gasteiger partial charge is 0.491 e. The zero-order chi connectivity index (χ0) is 13.4. The molecule has 1 rings (SSSR count). The second-order valence-electron chi connectivity index (χ2n) is 4.24. The maximum absolute atomic E-state index is 9.77. The van der Waals surface area contributed by atoms with Crippen LogP contribution in [-0.2, 0) is 0 Å². The molecular weight excluding hydrogens is 298 g/mol. The Bertz CT molecular complexity index is 345. The van der Waals surface area contributed by atoms with Crippen molar-refractivity contribution in [3.05, 3.63) is 28.7 Å². The van der Waals surface area contributed by atoms with Crippen LogP contribution in [0.5, 0.6) is 5.75 Å². The lowest BCUT2D eigenvalue weighted by Gasteiger charge is -2.15. The van der Waals surface area contributed by atoms with Gasteiger partial charge in [0.05, 0.1) is 6.61 Å². The van der Waals surface area contributed by atoms with E-state index in [1.165, 1.54) is 0 Å². The van der Waals surface area contributed by atoms with E-state index < -0.39 is 6.10 Å². The second-order valence-corrected chi connectivity index (χ2v) is 5.16. The lowest BCUT2D eigenvalue weighted by molar-refractivity contribution is -0.696. The first kappa shape index (κ1) is 15.4. The Kier molecular flexibility index (Phi) is 7.27. The van der Waals surface area contributed by atoms with Crippen molar-refractivity contribution in [2.24, 2.45) is 0 Å². The van der Waals surface area contributed by atoms with Crippen molar-refractivity contribution in [3.63, 3.8) is 0 Å². The normalized spacial score (nSPS) is 14.2. The molecule has 0 fully saturated rings. The van der Waals surface area contributed by atoms with E-state index >= 15 is 0 Å². The third-order valence-electron chi connectivity index (χ3n) is 2.74. The summed E-state index contributed by atoms with van der Waals surface area (Å²) in [6, 6.07) is 7.68. The van der Waals surface area contributed by atoms with Crippen LogP contribution in [0.25, 0.3) is 0 Å². The number of rotatable bonds is 8. The number of nitrogens with two attached hydrogens (primary N) is 1. The van der Waals surface area contributed by atoms with Gasteiger partial charge in [-0.1, -0.05) is 28.9 Å². The zero-order valence-electron chi connectivity index (χ0n) is 10.6. The number of ether oxygens (including phenoxy) is 1. The summed E-state index contributed by atoms with van der Waals surface area (Å²) in [6.07, 6.45) is 0.347. The number of hydrogen-bond acceptors (Lipinski definition) is 3.